The van der Waals surface area contributed by atoms with Crippen molar-refractivity contribution in [3.05, 3.63) is 66.5 Å². The normalized spacial score (nSPS) is 12.9. The molecule has 0 spiro atoms. The lowest BCUT2D eigenvalue weighted by molar-refractivity contribution is -0.111. The maximum atomic E-state index is 12.4. The van der Waals surface area contributed by atoms with E-state index in [2.05, 4.69) is 20.0 Å². The molecule has 0 fully saturated rings. The number of nitrogens with zero attached hydrogens (tertiary/aromatic N) is 2. The van der Waals surface area contributed by atoms with Gasteiger partial charge in [-0.15, -0.1) is 0 Å². The number of amides is 1. The molecule has 2 heterocycles. The summed E-state index contributed by atoms with van der Waals surface area (Å²) >= 11 is 0. The van der Waals surface area contributed by atoms with Gasteiger partial charge in [-0.3, -0.25) is 4.79 Å². The summed E-state index contributed by atoms with van der Waals surface area (Å²) in [5.41, 5.74) is 1.13. The molecular weight excluding hydrogens is 448 g/mol. The fraction of sp³-hybridized carbons (Fsp3) is 0.136. The number of aromatic nitrogens is 2. The van der Waals surface area contributed by atoms with Crippen molar-refractivity contribution in [1.29, 1.82) is 0 Å². The van der Waals surface area contributed by atoms with Gasteiger partial charge in [0.15, 0.2) is 11.5 Å². The molecular formula is C22H20N4O6S. The predicted octanol–water partition coefficient (Wildman–Crippen LogP) is 2.71. The van der Waals surface area contributed by atoms with Gasteiger partial charge in [0.25, 0.3) is 10.0 Å². The van der Waals surface area contributed by atoms with Crippen molar-refractivity contribution in [2.24, 2.45) is 0 Å². The second-order valence-corrected chi connectivity index (χ2v) is 8.45. The second-order valence-electron chi connectivity index (χ2n) is 6.77. The lowest BCUT2D eigenvalue weighted by atomic mass is 10.1. The van der Waals surface area contributed by atoms with Gasteiger partial charge in [0, 0.05) is 24.2 Å². The number of anilines is 2. The first-order valence-electron chi connectivity index (χ1n) is 9.81. The Hall–Kier alpha value is -4.12. The maximum absolute atomic E-state index is 12.4. The summed E-state index contributed by atoms with van der Waals surface area (Å²) in [5, 5.41) is 2.68. The van der Waals surface area contributed by atoms with Gasteiger partial charge in [0.1, 0.15) is 13.2 Å². The van der Waals surface area contributed by atoms with Crippen LogP contribution < -0.4 is 24.2 Å². The minimum absolute atomic E-state index is 0.00636. The molecule has 1 aromatic heterocycles. The fourth-order valence-electron chi connectivity index (χ4n) is 2.99. The first kappa shape index (κ1) is 22.1. The predicted molar refractivity (Wildman–Crippen MR) is 121 cm³/mol. The van der Waals surface area contributed by atoms with Crippen LogP contribution in [-0.2, 0) is 14.8 Å². The number of carbonyl (C=O) groups is 1. The van der Waals surface area contributed by atoms with E-state index in [9.17, 15) is 13.2 Å². The van der Waals surface area contributed by atoms with Gasteiger partial charge in [-0.1, -0.05) is 0 Å². The van der Waals surface area contributed by atoms with Crippen LogP contribution in [0.25, 0.3) is 6.08 Å². The third-order valence-electron chi connectivity index (χ3n) is 4.50. The molecule has 0 atom stereocenters. The number of nitrogens with one attached hydrogen (secondary N) is 2. The third kappa shape index (κ3) is 5.39. The van der Waals surface area contributed by atoms with E-state index in [4.69, 9.17) is 14.2 Å². The first-order valence-corrected chi connectivity index (χ1v) is 11.3. The van der Waals surface area contributed by atoms with Gasteiger partial charge in [-0.2, -0.15) is 0 Å². The Labute approximate surface area is 190 Å². The van der Waals surface area contributed by atoms with Crippen LogP contribution in [0.4, 0.5) is 11.6 Å². The molecule has 0 saturated carbocycles. The number of hydrogen-bond donors (Lipinski definition) is 2. The number of rotatable bonds is 7. The monoisotopic (exact) mass is 468 g/mol. The lowest BCUT2D eigenvalue weighted by Crippen LogP contribution is -2.16. The summed E-state index contributed by atoms with van der Waals surface area (Å²) < 4.78 is 43.6. The Kier molecular flexibility index (Phi) is 6.41. The molecule has 1 aliphatic heterocycles. The standard InChI is InChI=1S/C22H20N4O6S/c1-30-18-13-15(14-19-21(18)32-12-11-31-19)3-8-20(27)25-16-4-6-17(7-5-16)33(28,29)26-22-23-9-2-10-24-22/h2-10,13-14H,11-12H2,1H3,(H,25,27)(H,23,24,26)/b8-3+. The number of methoxy groups -OCH3 is 1. The van der Waals surface area contributed by atoms with Crippen LogP contribution in [0.5, 0.6) is 17.2 Å². The van der Waals surface area contributed by atoms with Crippen LogP contribution in [0.1, 0.15) is 5.56 Å². The van der Waals surface area contributed by atoms with Crippen molar-refractivity contribution in [1.82, 2.24) is 9.97 Å². The zero-order valence-electron chi connectivity index (χ0n) is 17.5. The molecule has 4 rings (SSSR count). The highest BCUT2D eigenvalue weighted by atomic mass is 32.2. The van der Waals surface area contributed by atoms with E-state index in [-0.39, 0.29) is 10.8 Å². The smallest absolute Gasteiger partial charge is 0.264 e. The molecule has 1 aliphatic rings. The highest BCUT2D eigenvalue weighted by molar-refractivity contribution is 7.92. The average Bonchev–Trinajstić information content (AvgIpc) is 2.83. The summed E-state index contributed by atoms with van der Waals surface area (Å²) in [4.78, 5) is 20.0. The highest BCUT2D eigenvalue weighted by Gasteiger charge is 2.18. The minimum Gasteiger partial charge on any atom is -0.493 e. The number of benzene rings is 2. The van der Waals surface area contributed by atoms with Crippen molar-refractivity contribution >= 4 is 33.6 Å². The topological polar surface area (TPSA) is 129 Å². The molecule has 2 N–H and O–H groups in total. The molecule has 11 heteroatoms. The second kappa shape index (κ2) is 9.57. The van der Waals surface area contributed by atoms with Crippen LogP contribution in [-0.4, -0.2) is 44.6 Å². The number of hydrogen-bond acceptors (Lipinski definition) is 8. The number of ether oxygens (including phenoxy) is 3. The number of fused-ring (bicyclic) bond motifs is 1. The van der Waals surface area contributed by atoms with E-state index in [1.165, 1.54) is 49.8 Å². The Bertz CT molecular complexity index is 1260. The lowest BCUT2D eigenvalue weighted by Gasteiger charge is -2.20. The van der Waals surface area contributed by atoms with Crippen molar-refractivity contribution < 1.29 is 27.4 Å². The average molecular weight is 468 g/mol. The summed E-state index contributed by atoms with van der Waals surface area (Å²) in [6.07, 6.45) is 5.82. The molecule has 3 aromatic rings. The summed E-state index contributed by atoms with van der Waals surface area (Å²) in [6, 6.07) is 10.8. The third-order valence-corrected chi connectivity index (χ3v) is 5.85. The van der Waals surface area contributed by atoms with Gasteiger partial charge in [-0.25, -0.2) is 23.1 Å². The Morgan fingerprint density at radius 3 is 2.55 bits per heavy atom. The van der Waals surface area contributed by atoms with E-state index < -0.39 is 15.9 Å². The summed E-state index contributed by atoms with van der Waals surface area (Å²) in [6.45, 7) is 0.876. The van der Waals surface area contributed by atoms with E-state index in [1.807, 2.05) is 0 Å². The van der Waals surface area contributed by atoms with Crippen LogP contribution >= 0.6 is 0 Å². The van der Waals surface area contributed by atoms with E-state index in [0.29, 0.717) is 41.7 Å². The van der Waals surface area contributed by atoms with Crippen LogP contribution in [0.15, 0.2) is 65.8 Å². The molecule has 0 aliphatic carbocycles. The van der Waals surface area contributed by atoms with E-state index >= 15 is 0 Å². The van der Waals surface area contributed by atoms with Crippen molar-refractivity contribution in [2.75, 3.05) is 30.4 Å². The molecule has 33 heavy (non-hydrogen) atoms. The molecule has 170 valence electrons. The van der Waals surface area contributed by atoms with Gasteiger partial charge in [0.05, 0.1) is 12.0 Å². The first-order chi connectivity index (χ1) is 15.9. The molecule has 1 amide bonds. The van der Waals surface area contributed by atoms with Gasteiger partial charge < -0.3 is 19.5 Å². The number of sulfonamides is 1. The molecule has 0 bridgehead atoms. The molecule has 0 saturated heterocycles. The summed E-state index contributed by atoms with van der Waals surface area (Å²) in [5.74, 6) is 1.17. The van der Waals surface area contributed by atoms with Gasteiger partial charge >= 0.3 is 0 Å². The fourth-order valence-corrected chi connectivity index (χ4v) is 3.95. The Morgan fingerprint density at radius 2 is 1.82 bits per heavy atom. The minimum atomic E-state index is -3.85. The largest absolute Gasteiger partial charge is 0.493 e. The molecule has 2 aromatic carbocycles. The van der Waals surface area contributed by atoms with Gasteiger partial charge in [0.2, 0.25) is 17.6 Å². The maximum Gasteiger partial charge on any atom is 0.264 e. The Balaban J connectivity index is 1.41. The van der Waals surface area contributed by atoms with Crippen molar-refractivity contribution in [2.45, 2.75) is 4.90 Å². The molecule has 0 radical (unpaired) electrons. The van der Waals surface area contributed by atoms with E-state index in [1.54, 1.807) is 24.3 Å². The summed E-state index contributed by atoms with van der Waals surface area (Å²) in [7, 11) is -2.33. The molecule has 10 nitrogen and oxygen atoms in total. The molecule has 0 unspecified atom stereocenters. The highest BCUT2D eigenvalue weighted by Crippen LogP contribution is 2.40. The zero-order valence-corrected chi connectivity index (χ0v) is 18.3. The van der Waals surface area contributed by atoms with E-state index in [0.717, 1.165) is 0 Å². The van der Waals surface area contributed by atoms with Gasteiger partial charge in [-0.05, 0) is 54.1 Å². The quantitative estimate of drug-likeness (QED) is 0.507. The Morgan fingerprint density at radius 1 is 1.09 bits per heavy atom. The van der Waals surface area contributed by atoms with Crippen molar-refractivity contribution in [3.8, 4) is 17.2 Å². The van der Waals surface area contributed by atoms with Crippen LogP contribution in [0, 0.1) is 0 Å². The van der Waals surface area contributed by atoms with Crippen LogP contribution in [0.3, 0.4) is 0 Å². The van der Waals surface area contributed by atoms with Crippen LogP contribution in [0.2, 0.25) is 0 Å². The zero-order chi connectivity index (χ0) is 23.3. The van der Waals surface area contributed by atoms with Crippen molar-refractivity contribution in [3.63, 3.8) is 0 Å². The SMILES string of the molecule is COc1cc(/C=C/C(=O)Nc2ccc(S(=O)(=O)Nc3ncccn3)cc2)cc2c1OCCO2. The number of carbonyl (C=O) groups excluding carboxylic acids is 1.